The maximum Gasteiger partial charge on any atom is 0.262 e. The number of hydrogen-bond donors (Lipinski definition) is 1. The van der Waals surface area contributed by atoms with Crippen molar-refractivity contribution in [2.45, 2.75) is 13.3 Å². The van der Waals surface area contributed by atoms with Crippen molar-refractivity contribution in [3.8, 4) is 5.75 Å². The molecule has 0 aliphatic carbocycles. The lowest BCUT2D eigenvalue weighted by Crippen LogP contribution is -2.23. The number of halogens is 1. The van der Waals surface area contributed by atoms with Crippen LogP contribution in [0.5, 0.6) is 5.75 Å². The average molecular weight is 361 g/mol. The van der Waals surface area contributed by atoms with Gasteiger partial charge in [-0.25, -0.2) is 0 Å². The van der Waals surface area contributed by atoms with Crippen molar-refractivity contribution in [2.75, 3.05) is 26.0 Å². The second kappa shape index (κ2) is 8.53. The van der Waals surface area contributed by atoms with Crippen LogP contribution in [0.4, 0.5) is 5.69 Å². The van der Waals surface area contributed by atoms with Gasteiger partial charge in [-0.2, -0.15) is 0 Å². The van der Waals surface area contributed by atoms with Crippen molar-refractivity contribution < 1.29 is 14.3 Å². The third kappa shape index (κ3) is 5.22. The number of carbonyl (C=O) groups excluding carboxylic acids is 2. The largest absolute Gasteiger partial charge is 0.484 e. The second-order valence-corrected chi connectivity index (χ2v) is 6.14. The Morgan fingerprint density at radius 1 is 1.12 bits per heavy atom. The summed E-state index contributed by atoms with van der Waals surface area (Å²) in [4.78, 5) is 25.5. The summed E-state index contributed by atoms with van der Waals surface area (Å²) in [6, 6.07) is 12.4. The quantitative estimate of drug-likeness (QED) is 0.855. The molecule has 132 valence electrons. The first kappa shape index (κ1) is 18.8. The van der Waals surface area contributed by atoms with Crippen molar-refractivity contribution in [3.05, 3.63) is 58.6 Å². The van der Waals surface area contributed by atoms with E-state index in [1.807, 2.05) is 24.3 Å². The summed E-state index contributed by atoms with van der Waals surface area (Å²) in [6.45, 7) is 1.95. The van der Waals surface area contributed by atoms with Gasteiger partial charge in [-0.15, -0.1) is 0 Å². The zero-order chi connectivity index (χ0) is 18.4. The van der Waals surface area contributed by atoms with E-state index in [2.05, 4.69) is 12.2 Å². The maximum atomic E-state index is 12.1. The van der Waals surface area contributed by atoms with Crippen molar-refractivity contribution in [1.29, 1.82) is 0 Å². The molecule has 0 fully saturated rings. The van der Waals surface area contributed by atoms with E-state index in [1.165, 1.54) is 10.5 Å². The monoisotopic (exact) mass is 360 g/mol. The molecule has 0 aromatic heterocycles. The summed E-state index contributed by atoms with van der Waals surface area (Å²) in [5.41, 5.74) is 2.03. The fourth-order valence-corrected chi connectivity index (χ4v) is 2.37. The minimum atomic E-state index is -0.315. The van der Waals surface area contributed by atoms with E-state index in [0.717, 1.165) is 6.42 Å². The Morgan fingerprint density at radius 3 is 2.40 bits per heavy atom. The van der Waals surface area contributed by atoms with Crippen LogP contribution in [0.25, 0.3) is 0 Å². The predicted molar refractivity (Wildman–Crippen MR) is 99.4 cm³/mol. The smallest absolute Gasteiger partial charge is 0.262 e. The molecular weight excluding hydrogens is 340 g/mol. The first-order valence-electron chi connectivity index (χ1n) is 7.93. The molecule has 0 unspecified atom stereocenters. The standard InChI is InChI=1S/C19H21ClN2O3/c1-4-13-5-8-15(9-6-13)25-12-18(23)21-14-7-10-17(20)16(11-14)19(24)22(2)3/h5-11H,4,12H2,1-3H3,(H,21,23). The van der Waals surface area contributed by atoms with E-state index in [-0.39, 0.29) is 18.4 Å². The number of carbonyl (C=O) groups is 2. The normalized spacial score (nSPS) is 10.2. The van der Waals surface area contributed by atoms with Crippen molar-refractivity contribution in [3.63, 3.8) is 0 Å². The van der Waals surface area contributed by atoms with Gasteiger partial charge in [0.15, 0.2) is 6.61 Å². The molecule has 0 saturated carbocycles. The highest BCUT2D eigenvalue weighted by molar-refractivity contribution is 6.34. The van der Waals surface area contributed by atoms with Gasteiger partial charge in [0.25, 0.3) is 11.8 Å². The van der Waals surface area contributed by atoms with Crippen LogP contribution < -0.4 is 10.1 Å². The maximum absolute atomic E-state index is 12.1. The highest BCUT2D eigenvalue weighted by atomic mass is 35.5. The molecule has 1 N–H and O–H groups in total. The van der Waals surface area contributed by atoms with Gasteiger partial charge in [0.05, 0.1) is 10.6 Å². The average Bonchev–Trinajstić information content (AvgIpc) is 2.61. The molecule has 2 amide bonds. The van der Waals surface area contributed by atoms with Crippen molar-refractivity contribution in [2.24, 2.45) is 0 Å². The van der Waals surface area contributed by atoms with Gasteiger partial charge < -0.3 is 15.0 Å². The summed E-state index contributed by atoms with van der Waals surface area (Å²) >= 11 is 6.05. The SMILES string of the molecule is CCc1ccc(OCC(=O)Nc2ccc(Cl)c(C(=O)N(C)C)c2)cc1. The van der Waals surface area contributed by atoms with Crippen LogP contribution in [0, 0.1) is 0 Å². The number of hydrogen-bond acceptors (Lipinski definition) is 3. The van der Waals surface area contributed by atoms with Crippen molar-refractivity contribution >= 4 is 29.1 Å². The van der Waals surface area contributed by atoms with Gasteiger partial charge in [-0.05, 0) is 42.3 Å². The van der Waals surface area contributed by atoms with E-state index < -0.39 is 0 Å². The summed E-state index contributed by atoms with van der Waals surface area (Å²) in [5, 5.41) is 3.04. The second-order valence-electron chi connectivity index (χ2n) is 5.73. The molecule has 0 saturated heterocycles. The van der Waals surface area contributed by atoms with Crippen LogP contribution >= 0.6 is 11.6 Å². The lowest BCUT2D eigenvalue weighted by atomic mass is 10.1. The molecular formula is C19H21ClN2O3. The molecule has 5 nitrogen and oxygen atoms in total. The third-order valence-electron chi connectivity index (χ3n) is 3.59. The Labute approximate surface area is 152 Å². The van der Waals surface area contributed by atoms with Crippen LogP contribution in [0.1, 0.15) is 22.8 Å². The van der Waals surface area contributed by atoms with Crippen LogP contribution in [0.15, 0.2) is 42.5 Å². The number of aryl methyl sites for hydroxylation is 1. The summed E-state index contributed by atoms with van der Waals surface area (Å²) in [6.07, 6.45) is 0.950. The molecule has 2 rings (SSSR count). The van der Waals surface area contributed by atoms with Gasteiger partial charge in [0.1, 0.15) is 5.75 Å². The fourth-order valence-electron chi connectivity index (χ4n) is 2.18. The van der Waals surface area contributed by atoms with E-state index in [4.69, 9.17) is 16.3 Å². The van der Waals surface area contributed by atoms with Gasteiger partial charge in [0, 0.05) is 19.8 Å². The number of ether oxygens (including phenoxy) is 1. The van der Waals surface area contributed by atoms with Crippen molar-refractivity contribution in [1.82, 2.24) is 4.90 Å². The number of amides is 2. The summed E-state index contributed by atoms with van der Waals surface area (Å²) in [7, 11) is 3.28. The van der Waals surface area contributed by atoms with Crippen LogP contribution in [-0.2, 0) is 11.2 Å². The highest BCUT2D eigenvalue weighted by Gasteiger charge is 2.14. The molecule has 0 atom stereocenters. The zero-order valence-corrected chi connectivity index (χ0v) is 15.3. The topological polar surface area (TPSA) is 58.6 Å². The highest BCUT2D eigenvalue weighted by Crippen LogP contribution is 2.22. The lowest BCUT2D eigenvalue weighted by molar-refractivity contribution is -0.118. The molecule has 0 bridgehead atoms. The first-order valence-corrected chi connectivity index (χ1v) is 8.31. The van der Waals surface area contributed by atoms with Gasteiger partial charge in [0.2, 0.25) is 0 Å². The fraction of sp³-hybridized carbons (Fsp3) is 0.263. The summed E-state index contributed by atoms with van der Waals surface area (Å²) < 4.78 is 5.47. The molecule has 0 aliphatic rings. The number of nitrogens with zero attached hydrogens (tertiary/aromatic N) is 1. The van der Waals surface area contributed by atoms with Crippen LogP contribution in [0.3, 0.4) is 0 Å². The minimum Gasteiger partial charge on any atom is -0.484 e. The molecule has 2 aromatic rings. The Morgan fingerprint density at radius 2 is 1.80 bits per heavy atom. The van der Waals surface area contributed by atoms with Crippen LogP contribution in [-0.4, -0.2) is 37.4 Å². The number of benzene rings is 2. The number of anilines is 1. The summed E-state index contributed by atoms with van der Waals surface area (Å²) in [5.74, 6) is 0.0884. The first-order chi connectivity index (χ1) is 11.9. The number of nitrogens with one attached hydrogen (secondary N) is 1. The Bertz CT molecular complexity index is 758. The van der Waals surface area contributed by atoms with E-state index >= 15 is 0 Å². The minimum absolute atomic E-state index is 0.120. The predicted octanol–water partition coefficient (Wildman–Crippen LogP) is 3.62. The molecule has 6 heteroatoms. The van der Waals surface area contributed by atoms with Gasteiger partial charge in [-0.3, -0.25) is 9.59 Å². The van der Waals surface area contributed by atoms with E-state index in [0.29, 0.717) is 22.0 Å². The Hall–Kier alpha value is -2.53. The third-order valence-corrected chi connectivity index (χ3v) is 3.92. The molecule has 2 aromatic carbocycles. The molecule has 0 spiro atoms. The van der Waals surface area contributed by atoms with Gasteiger partial charge in [-0.1, -0.05) is 30.7 Å². The van der Waals surface area contributed by atoms with Crippen LogP contribution in [0.2, 0.25) is 5.02 Å². The molecule has 0 heterocycles. The zero-order valence-electron chi connectivity index (χ0n) is 14.5. The molecule has 0 radical (unpaired) electrons. The van der Waals surface area contributed by atoms with E-state index in [1.54, 1.807) is 32.3 Å². The Kier molecular flexibility index (Phi) is 6.42. The number of rotatable bonds is 6. The van der Waals surface area contributed by atoms with Gasteiger partial charge >= 0.3 is 0 Å². The van der Waals surface area contributed by atoms with E-state index in [9.17, 15) is 9.59 Å². The Balaban J connectivity index is 1.98. The molecule has 0 aliphatic heterocycles. The molecule has 25 heavy (non-hydrogen) atoms. The lowest BCUT2D eigenvalue weighted by Gasteiger charge is -2.13.